The molecule has 1 aromatic heterocycles. The van der Waals surface area contributed by atoms with Crippen LogP contribution in [0.5, 0.6) is 0 Å². The fourth-order valence-corrected chi connectivity index (χ4v) is 2.26. The van der Waals surface area contributed by atoms with Gasteiger partial charge in [-0.05, 0) is 49.8 Å². The minimum Gasteiger partial charge on any atom is -0.478 e. The molecule has 0 saturated carbocycles. The van der Waals surface area contributed by atoms with E-state index in [-0.39, 0.29) is 11.5 Å². The summed E-state index contributed by atoms with van der Waals surface area (Å²) in [6.45, 7) is 1.51. The monoisotopic (exact) mass is 276 g/mol. The summed E-state index contributed by atoms with van der Waals surface area (Å²) in [5, 5.41) is 17.7. The van der Waals surface area contributed by atoms with Gasteiger partial charge in [-0.3, -0.25) is 0 Å². The minimum atomic E-state index is -0.977. The van der Waals surface area contributed by atoms with Gasteiger partial charge in [-0.1, -0.05) is 6.08 Å². The smallest absolute Gasteiger partial charge is 0.331 e. The summed E-state index contributed by atoms with van der Waals surface area (Å²) >= 11 is 0. The van der Waals surface area contributed by atoms with E-state index in [1.165, 1.54) is 13.0 Å². The molecule has 2 N–H and O–H groups in total. The van der Waals surface area contributed by atoms with Crippen molar-refractivity contribution in [1.29, 1.82) is 0 Å². The number of hydrogen-bond donors (Lipinski definition) is 2. The predicted octanol–water partition coefficient (Wildman–Crippen LogP) is 3.05. The molecule has 0 spiro atoms. The third kappa shape index (κ3) is 3.17. The van der Waals surface area contributed by atoms with E-state index in [4.69, 9.17) is 14.6 Å². The van der Waals surface area contributed by atoms with Gasteiger partial charge in [0.05, 0.1) is 6.26 Å². The average Bonchev–Trinajstić information content (AvgIpc) is 2.87. The summed E-state index contributed by atoms with van der Waals surface area (Å²) in [6, 6.07) is 1.82. The molecule has 0 saturated heterocycles. The molecular weight excluding hydrogens is 260 g/mol. The van der Waals surface area contributed by atoms with Crippen molar-refractivity contribution in [2.24, 2.45) is 0 Å². The predicted molar refractivity (Wildman–Crippen MR) is 72.3 cm³/mol. The number of aliphatic carboxylic acids is 2. The molecule has 5 heteroatoms. The van der Waals surface area contributed by atoms with Crippen molar-refractivity contribution < 1.29 is 24.2 Å². The van der Waals surface area contributed by atoms with Crippen LogP contribution in [0.15, 0.2) is 34.0 Å². The van der Waals surface area contributed by atoms with Crippen LogP contribution < -0.4 is 0 Å². The molecule has 0 fully saturated rings. The molecule has 106 valence electrons. The quantitative estimate of drug-likeness (QED) is 0.825. The zero-order valence-electron chi connectivity index (χ0n) is 11.1. The van der Waals surface area contributed by atoms with E-state index < -0.39 is 11.9 Å². The first-order valence-corrected chi connectivity index (χ1v) is 6.39. The summed E-state index contributed by atoms with van der Waals surface area (Å²) in [7, 11) is 0. The highest BCUT2D eigenvalue weighted by Crippen LogP contribution is 2.33. The Labute approximate surface area is 116 Å². The highest BCUT2D eigenvalue weighted by Gasteiger charge is 2.20. The van der Waals surface area contributed by atoms with Crippen molar-refractivity contribution in [2.75, 3.05) is 0 Å². The number of carboxylic acids is 2. The molecule has 0 amide bonds. The van der Waals surface area contributed by atoms with Crippen LogP contribution in [0.4, 0.5) is 0 Å². The van der Waals surface area contributed by atoms with E-state index in [9.17, 15) is 9.59 Å². The summed E-state index contributed by atoms with van der Waals surface area (Å²) in [4.78, 5) is 21.6. The van der Waals surface area contributed by atoms with E-state index in [0.29, 0.717) is 24.2 Å². The Hall–Kier alpha value is -2.30. The Balaban J connectivity index is 2.09. The molecule has 0 aliphatic heterocycles. The molecule has 1 heterocycles. The van der Waals surface area contributed by atoms with Crippen molar-refractivity contribution in [3.8, 4) is 0 Å². The van der Waals surface area contributed by atoms with Gasteiger partial charge in [-0.15, -0.1) is 0 Å². The van der Waals surface area contributed by atoms with Gasteiger partial charge in [0.15, 0.2) is 0 Å². The Morgan fingerprint density at radius 2 is 2.15 bits per heavy atom. The van der Waals surface area contributed by atoms with Crippen LogP contribution in [0.2, 0.25) is 0 Å². The van der Waals surface area contributed by atoms with Crippen LogP contribution in [0.3, 0.4) is 0 Å². The highest BCUT2D eigenvalue weighted by molar-refractivity contribution is 5.91. The third-order valence-electron chi connectivity index (χ3n) is 3.49. The number of rotatable bonds is 4. The third-order valence-corrected chi connectivity index (χ3v) is 3.49. The summed E-state index contributed by atoms with van der Waals surface area (Å²) in [5.74, 6) is -1.09. The van der Waals surface area contributed by atoms with Crippen molar-refractivity contribution in [3.63, 3.8) is 0 Å². The van der Waals surface area contributed by atoms with Gasteiger partial charge in [-0.25, -0.2) is 9.59 Å². The summed E-state index contributed by atoms with van der Waals surface area (Å²) < 4.78 is 5.34. The van der Waals surface area contributed by atoms with Crippen LogP contribution in [0.1, 0.15) is 43.4 Å². The Kier molecular flexibility index (Phi) is 4.08. The lowest BCUT2D eigenvalue weighted by Crippen LogP contribution is -2.09. The average molecular weight is 276 g/mol. The zero-order chi connectivity index (χ0) is 14.7. The van der Waals surface area contributed by atoms with Gasteiger partial charge < -0.3 is 14.6 Å². The maximum Gasteiger partial charge on any atom is 0.331 e. The van der Waals surface area contributed by atoms with E-state index in [1.54, 1.807) is 12.3 Å². The molecule has 1 aliphatic rings. The second kappa shape index (κ2) is 5.77. The maximum atomic E-state index is 10.8. The van der Waals surface area contributed by atoms with Crippen LogP contribution in [0.25, 0.3) is 6.08 Å². The minimum absolute atomic E-state index is 0.211. The van der Waals surface area contributed by atoms with Crippen molar-refractivity contribution in [3.05, 3.63) is 40.9 Å². The molecule has 1 atom stereocenters. The molecule has 5 nitrogen and oxygen atoms in total. The van der Waals surface area contributed by atoms with E-state index in [2.05, 4.69) is 0 Å². The van der Waals surface area contributed by atoms with E-state index >= 15 is 0 Å². The number of carboxylic acid groups (broad SMARTS) is 2. The van der Waals surface area contributed by atoms with Gasteiger partial charge in [-0.2, -0.15) is 0 Å². The Morgan fingerprint density at radius 3 is 2.70 bits per heavy atom. The fraction of sp³-hybridized carbons (Fsp3) is 0.333. The summed E-state index contributed by atoms with van der Waals surface area (Å²) in [5.41, 5.74) is 1.66. The van der Waals surface area contributed by atoms with E-state index in [1.807, 2.05) is 6.07 Å². The topological polar surface area (TPSA) is 87.7 Å². The van der Waals surface area contributed by atoms with Crippen molar-refractivity contribution >= 4 is 18.0 Å². The molecule has 0 radical (unpaired) electrons. The molecule has 1 aliphatic carbocycles. The lowest BCUT2D eigenvalue weighted by molar-refractivity contribution is -0.133. The Morgan fingerprint density at radius 1 is 1.40 bits per heavy atom. The lowest BCUT2D eigenvalue weighted by Gasteiger charge is -2.18. The van der Waals surface area contributed by atoms with Gasteiger partial charge in [0.1, 0.15) is 5.76 Å². The SMILES string of the molecule is C/C(=C/c1cc([C@@H]2CC=C(C(=O)O)CC2)co1)C(=O)O. The van der Waals surface area contributed by atoms with Gasteiger partial charge in [0, 0.05) is 11.1 Å². The van der Waals surface area contributed by atoms with Gasteiger partial charge in [0.2, 0.25) is 0 Å². The number of allylic oxidation sites excluding steroid dienone is 1. The van der Waals surface area contributed by atoms with Crippen molar-refractivity contribution in [2.45, 2.75) is 32.1 Å². The molecule has 20 heavy (non-hydrogen) atoms. The molecule has 0 aromatic carbocycles. The normalized spacial score (nSPS) is 19.6. The van der Waals surface area contributed by atoms with Crippen LogP contribution in [-0.2, 0) is 9.59 Å². The second-order valence-electron chi connectivity index (χ2n) is 4.92. The number of hydrogen-bond acceptors (Lipinski definition) is 3. The molecule has 0 bridgehead atoms. The largest absolute Gasteiger partial charge is 0.478 e. The first-order valence-electron chi connectivity index (χ1n) is 6.39. The van der Waals surface area contributed by atoms with Gasteiger partial charge in [0.25, 0.3) is 0 Å². The van der Waals surface area contributed by atoms with Gasteiger partial charge >= 0.3 is 11.9 Å². The molecule has 2 rings (SSSR count). The van der Waals surface area contributed by atoms with E-state index in [0.717, 1.165) is 12.0 Å². The first-order chi connectivity index (χ1) is 9.47. The highest BCUT2D eigenvalue weighted by atomic mass is 16.4. The van der Waals surface area contributed by atoms with Crippen molar-refractivity contribution in [1.82, 2.24) is 0 Å². The fourth-order valence-electron chi connectivity index (χ4n) is 2.26. The van der Waals surface area contributed by atoms with Crippen LogP contribution in [0, 0.1) is 0 Å². The second-order valence-corrected chi connectivity index (χ2v) is 4.92. The van der Waals surface area contributed by atoms with Crippen LogP contribution in [-0.4, -0.2) is 22.2 Å². The lowest BCUT2D eigenvalue weighted by atomic mass is 9.86. The van der Waals surface area contributed by atoms with Crippen LogP contribution >= 0.6 is 0 Å². The number of furan rings is 1. The zero-order valence-corrected chi connectivity index (χ0v) is 11.1. The standard InChI is InChI=1S/C15H16O5/c1-9(14(16)17)6-13-7-12(8-20-13)10-2-4-11(5-3-10)15(18)19/h4,6-8,10H,2-3,5H2,1H3,(H,16,17)(H,18,19)/b9-6-/t10-/m1/s1. The number of carbonyl (C=O) groups is 2. The summed E-state index contributed by atoms with van der Waals surface area (Å²) in [6.07, 6.45) is 6.82. The first kappa shape index (κ1) is 14.1. The molecule has 1 aromatic rings. The molecule has 0 unspecified atom stereocenters. The Bertz CT molecular complexity index is 591. The maximum absolute atomic E-state index is 10.8. The molecular formula is C15H16O5.